The average Bonchev–Trinajstić information content (AvgIpc) is 3.03. The minimum absolute atomic E-state index is 0. The third kappa shape index (κ3) is 6.47. The fourth-order valence-corrected chi connectivity index (χ4v) is 3.56. The number of hydrogen-bond acceptors (Lipinski definition) is 3. The van der Waals surface area contributed by atoms with Gasteiger partial charge in [-0.25, -0.2) is 9.48 Å². The Morgan fingerprint density at radius 1 is 1.26 bits per heavy atom. The molecule has 0 spiro atoms. The Bertz CT molecular complexity index is 936. The van der Waals surface area contributed by atoms with Crippen molar-refractivity contribution in [1.29, 1.82) is 0 Å². The predicted molar refractivity (Wildman–Crippen MR) is 124 cm³/mol. The van der Waals surface area contributed by atoms with E-state index in [2.05, 4.69) is 15.4 Å². The number of aromatic nitrogens is 3. The zero-order valence-electron chi connectivity index (χ0n) is 17.7. The molecule has 0 unspecified atom stereocenters. The van der Waals surface area contributed by atoms with Crippen LogP contribution in [0.2, 0.25) is 0 Å². The maximum Gasteiger partial charge on any atom is 0.416 e. The van der Waals surface area contributed by atoms with E-state index in [0.717, 1.165) is 49.3 Å². The first kappa shape index (κ1) is 25.2. The molecule has 3 rings (SSSR count). The minimum Gasteiger partial charge on any atom is -0.356 e. The van der Waals surface area contributed by atoms with Crippen LogP contribution in [0.25, 0.3) is 0 Å². The summed E-state index contributed by atoms with van der Waals surface area (Å²) >= 11 is 0. The number of rotatable bonds is 6. The lowest BCUT2D eigenvalue weighted by Crippen LogP contribution is -2.39. The molecule has 1 aliphatic heterocycles. The first-order chi connectivity index (χ1) is 14.3. The quantitative estimate of drug-likeness (QED) is 0.259. The van der Waals surface area contributed by atoms with Crippen LogP contribution in [-0.2, 0) is 32.2 Å². The number of fused-ring (bicyclic) bond motifs is 1. The molecule has 1 aromatic carbocycles. The summed E-state index contributed by atoms with van der Waals surface area (Å²) in [5.41, 5.74) is 0.0460. The summed E-state index contributed by atoms with van der Waals surface area (Å²) in [6.45, 7) is 2.28. The molecular weight excluding hydrogens is 524 g/mol. The standard InChI is InChI=1S/C20H27F3N6O.HI/c1-24-18(27(2)14-15-7-9-16(10-8-15)20(21,22)23)25-11-5-13-29-19(30)28-12-4-3-6-17(28)26-29;/h7-10H,3-6,11-14H2,1-2H3,(H,24,25);1H. The van der Waals surface area contributed by atoms with Crippen LogP contribution in [0, 0.1) is 0 Å². The smallest absolute Gasteiger partial charge is 0.356 e. The van der Waals surface area contributed by atoms with Gasteiger partial charge in [-0.05, 0) is 37.0 Å². The lowest BCUT2D eigenvalue weighted by atomic mass is 10.1. The van der Waals surface area contributed by atoms with Crippen molar-refractivity contribution in [3.05, 3.63) is 51.7 Å². The first-order valence-electron chi connectivity index (χ1n) is 10.0. The number of guanidine groups is 1. The normalized spacial score (nSPS) is 14.0. The summed E-state index contributed by atoms with van der Waals surface area (Å²) in [7, 11) is 3.47. The van der Waals surface area contributed by atoms with E-state index in [1.54, 1.807) is 11.6 Å². The van der Waals surface area contributed by atoms with E-state index in [-0.39, 0.29) is 29.7 Å². The third-order valence-corrected chi connectivity index (χ3v) is 5.14. The van der Waals surface area contributed by atoms with Crippen LogP contribution in [0.5, 0.6) is 0 Å². The van der Waals surface area contributed by atoms with Gasteiger partial charge in [-0.2, -0.15) is 18.3 Å². The Morgan fingerprint density at radius 2 is 1.97 bits per heavy atom. The van der Waals surface area contributed by atoms with Gasteiger partial charge >= 0.3 is 11.9 Å². The zero-order chi connectivity index (χ0) is 21.7. The summed E-state index contributed by atoms with van der Waals surface area (Å²) in [5.74, 6) is 1.50. The average molecular weight is 552 g/mol. The number of halogens is 4. The highest BCUT2D eigenvalue weighted by atomic mass is 127. The summed E-state index contributed by atoms with van der Waals surface area (Å²) in [6, 6.07) is 5.11. The Hall–Kier alpha value is -2.05. The summed E-state index contributed by atoms with van der Waals surface area (Å²) in [6.07, 6.45) is -0.703. The largest absolute Gasteiger partial charge is 0.416 e. The molecule has 1 aliphatic rings. The fourth-order valence-electron chi connectivity index (χ4n) is 3.56. The van der Waals surface area contributed by atoms with Crippen molar-refractivity contribution >= 4 is 29.9 Å². The van der Waals surface area contributed by atoms with Gasteiger partial charge in [0.25, 0.3) is 0 Å². The monoisotopic (exact) mass is 552 g/mol. The van der Waals surface area contributed by atoms with Crippen molar-refractivity contribution < 1.29 is 13.2 Å². The highest BCUT2D eigenvalue weighted by Gasteiger charge is 2.30. The molecular formula is C20H28F3IN6O. The molecule has 1 aromatic heterocycles. The van der Waals surface area contributed by atoms with Gasteiger partial charge in [-0.15, -0.1) is 24.0 Å². The number of alkyl halides is 3. The van der Waals surface area contributed by atoms with Crippen LogP contribution >= 0.6 is 24.0 Å². The second-order valence-electron chi connectivity index (χ2n) is 7.41. The second-order valence-corrected chi connectivity index (χ2v) is 7.41. The molecule has 0 aliphatic carbocycles. The van der Waals surface area contributed by atoms with E-state index in [1.807, 2.05) is 11.9 Å². The van der Waals surface area contributed by atoms with Gasteiger partial charge in [0, 0.05) is 46.7 Å². The van der Waals surface area contributed by atoms with Crippen molar-refractivity contribution in [3.8, 4) is 0 Å². The molecule has 2 aromatic rings. The number of nitrogens with one attached hydrogen (secondary N) is 1. The highest BCUT2D eigenvalue weighted by molar-refractivity contribution is 14.0. The maximum absolute atomic E-state index is 12.7. The molecule has 31 heavy (non-hydrogen) atoms. The van der Waals surface area contributed by atoms with Gasteiger partial charge in [0.05, 0.1) is 5.56 Å². The minimum atomic E-state index is -4.33. The summed E-state index contributed by atoms with van der Waals surface area (Å²) < 4.78 is 41.3. The molecule has 0 fully saturated rings. The Morgan fingerprint density at radius 3 is 2.58 bits per heavy atom. The van der Waals surface area contributed by atoms with Crippen LogP contribution in [-0.4, -0.2) is 45.8 Å². The molecule has 0 saturated carbocycles. The Balaban J connectivity index is 0.00000341. The first-order valence-corrected chi connectivity index (χ1v) is 10.0. The van der Waals surface area contributed by atoms with Crippen molar-refractivity contribution in [2.75, 3.05) is 20.6 Å². The van der Waals surface area contributed by atoms with E-state index in [0.29, 0.717) is 32.0 Å². The molecule has 0 saturated heterocycles. The van der Waals surface area contributed by atoms with E-state index in [9.17, 15) is 18.0 Å². The van der Waals surface area contributed by atoms with Crippen molar-refractivity contribution in [3.63, 3.8) is 0 Å². The number of aliphatic imine (C=N–C) groups is 1. The fraction of sp³-hybridized carbons (Fsp3) is 0.550. The number of nitrogens with zero attached hydrogens (tertiary/aromatic N) is 5. The van der Waals surface area contributed by atoms with Crippen molar-refractivity contribution in [1.82, 2.24) is 24.6 Å². The summed E-state index contributed by atoms with van der Waals surface area (Å²) in [5, 5.41) is 7.64. The second kappa shape index (κ2) is 11.0. The molecule has 11 heteroatoms. The highest BCUT2D eigenvalue weighted by Crippen LogP contribution is 2.29. The molecule has 0 radical (unpaired) electrons. The van der Waals surface area contributed by atoms with Gasteiger partial charge in [-0.3, -0.25) is 9.56 Å². The topological polar surface area (TPSA) is 67.5 Å². The SMILES string of the molecule is CN=C(NCCCn1nc2n(c1=O)CCCC2)N(C)Cc1ccc(C(F)(F)F)cc1.I. The maximum atomic E-state index is 12.7. The molecule has 0 bridgehead atoms. The third-order valence-electron chi connectivity index (χ3n) is 5.14. The number of aryl methyl sites for hydroxylation is 2. The van der Waals surface area contributed by atoms with Crippen LogP contribution in [0.3, 0.4) is 0 Å². The van der Waals surface area contributed by atoms with Crippen molar-refractivity contribution in [2.45, 2.75) is 51.5 Å². The molecule has 1 N–H and O–H groups in total. The van der Waals surface area contributed by atoms with Crippen LogP contribution in [0.1, 0.15) is 36.2 Å². The van der Waals surface area contributed by atoms with Crippen LogP contribution in [0.4, 0.5) is 13.2 Å². The van der Waals surface area contributed by atoms with E-state index in [4.69, 9.17) is 0 Å². The van der Waals surface area contributed by atoms with Gasteiger partial charge in [0.2, 0.25) is 0 Å². The van der Waals surface area contributed by atoms with E-state index >= 15 is 0 Å². The Kier molecular flexibility index (Phi) is 8.95. The number of benzene rings is 1. The molecule has 7 nitrogen and oxygen atoms in total. The van der Waals surface area contributed by atoms with Crippen LogP contribution in [0.15, 0.2) is 34.1 Å². The van der Waals surface area contributed by atoms with Gasteiger partial charge < -0.3 is 10.2 Å². The lowest BCUT2D eigenvalue weighted by Gasteiger charge is -2.22. The zero-order valence-corrected chi connectivity index (χ0v) is 20.0. The molecule has 0 amide bonds. The molecule has 172 valence electrons. The number of hydrogen-bond donors (Lipinski definition) is 1. The predicted octanol–water partition coefficient (Wildman–Crippen LogP) is 3.12. The van der Waals surface area contributed by atoms with Crippen molar-refractivity contribution in [2.24, 2.45) is 4.99 Å². The lowest BCUT2D eigenvalue weighted by molar-refractivity contribution is -0.137. The van der Waals surface area contributed by atoms with E-state index in [1.165, 1.54) is 16.8 Å². The summed E-state index contributed by atoms with van der Waals surface area (Å²) in [4.78, 5) is 18.4. The molecule has 0 atom stereocenters. The van der Waals surface area contributed by atoms with Crippen LogP contribution < -0.4 is 11.0 Å². The molecule has 2 heterocycles. The van der Waals surface area contributed by atoms with Gasteiger partial charge in [0.15, 0.2) is 5.96 Å². The Labute approximate surface area is 196 Å². The van der Waals surface area contributed by atoms with Gasteiger partial charge in [-0.1, -0.05) is 12.1 Å². The van der Waals surface area contributed by atoms with Gasteiger partial charge in [0.1, 0.15) is 5.82 Å². The van der Waals surface area contributed by atoms with E-state index < -0.39 is 11.7 Å².